The van der Waals surface area contributed by atoms with Gasteiger partial charge in [0.1, 0.15) is 0 Å². The van der Waals surface area contributed by atoms with Crippen LogP contribution >= 0.6 is 0 Å². The Bertz CT molecular complexity index is 317. The summed E-state index contributed by atoms with van der Waals surface area (Å²) in [6, 6.07) is 2.71. The lowest BCUT2D eigenvalue weighted by Gasteiger charge is -2.15. The molecule has 1 unspecified atom stereocenters. The lowest BCUT2D eigenvalue weighted by Crippen LogP contribution is -2.26. The van der Waals surface area contributed by atoms with Gasteiger partial charge in [0.05, 0.1) is 5.69 Å². The molecule has 0 aliphatic carbocycles. The van der Waals surface area contributed by atoms with Gasteiger partial charge in [-0.2, -0.15) is 5.10 Å². The van der Waals surface area contributed by atoms with Crippen LogP contribution in [0.15, 0.2) is 12.3 Å². The van der Waals surface area contributed by atoms with Gasteiger partial charge in [0.15, 0.2) is 0 Å². The number of hydrogen-bond acceptors (Lipinski definition) is 2. The van der Waals surface area contributed by atoms with Crippen LogP contribution in [0.4, 0.5) is 0 Å². The monoisotopic (exact) mass is 251 g/mol. The molecule has 0 saturated heterocycles. The summed E-state index contributed by atoms with van der Waals surface area (Å²) in [4.78, 5) is 0. The Hall–Kier alpha value is -0.830. The van der Waals surface area contributed by atoms with Crippen LogP contribution in [0.25, 0.3) is 0 Å². The molecule has 1 N–H and O–H groups in total. The molecule has 0 radical (unpaired) electrons. The van der Waals surface area contributed by atoms with Crippen LogP contribution in [0.2, 0.25) is 0 Å². The van der Waals surface area contributed by atoms with Gasteiger partial charge >= 0.3 is 0 Å². The molecule has 0 aromatic carbocycles. The molecule has 0 fully saturated rings. The van der Waals surface area contributed by atoms with Crippen LogP contribution in [-0.2, 0) is 13.1 Å². The van der Waals surface area contributed by atoms with E-state index in [1.54, 1.807) is 0 Å². The highest BCUT2D eigenvalue weighted by molar-refractivity contribution is 5.00. The molecular formula is C15H29N3. The molecule has 1 heterocycles. The summed E-state index contributed by atoms with van der Waals surface area (Å²) in [5.41, 5.74) is 1.30. The first-order valence-corrected chi connectivity index (χ1v) is 7.37. The van der Waals surface area contributed by atoms with Crippen LogP contribution in [-0.4, -0.2) is 15.8 Å². The van der Waals surface area contributed by atoms with Gasteiger partial charge in [-0.05, 0) is 31.7 Å². The van der Waals surface area contributed by atoms with Gasteiger partial charge in [-0.15, -0.1) is 0 Å². The van der Waals surface area contributed by atoms with Crippen molar-refractivity contribution in [1.82, 2.24) is 15.1 Å². The maximum Gasteiger partial charge on any atom is 0.0522 e. The average molecular weight is 251 g/mol. The number of nitrogens with one attached hydrogen (secondary N) is 1. The van der Waals surface area contributed by atoms with Crippen molar-refractivity contribution in [3.63, 3.8) is 0 Å². The molecule has 3 heteroatoms. The van der Waals surface area contributed by atoms with Crippen LogP contribution in [0.5, 0.6) is 0 Å². The number of rotatable bonds is 9. The van der Waals surface area contributed by atoms with Crippen molar-refractivity contribution in [3.05, 3.63) is 18.0 Å². The van der Waals surface area contributed by atoms with E-state index < -0.39 is 0 Å². The Labute approximate surface area is 112 Å². The summed E-state index contributed by atoms with van der Waals surface area (Å²) in [5.74, 6) is 0.822. The maximum absolute atomic E-state index is 4.35. The van der Waals surface area contributed by atoms with Gasteiger partial charge in [0.2, 0.25) is 0 Å². The first kappa shape index (κ1) is 15.2. The fourth-order valence-corrected chi connectivity index (χ4v) is 2.14. The summed E-state index contributed by atoms with van der Waals surface area (Å²) in [5, 5.41) is 7.94. The van der Waals surface area contributed by atoms with E-state index >= 15 is 0 Å². The molecule has 1 aromatic rings. The Balaban J connectivity index is 2.24. The fraction of sp³-hybridized carbons (Fsp3) is 0.800. The second-order valence-corrected chi connectivity index (χ2v) is 5.65. The molecule has 0 aliphatic rings. The smallest absolute Gasteiger partial charge is 0.0522 e. The summed E-state index contributed by atoms with van der Waals surface area (Å²) in [6.07, 6.45) is 6.95. The molecule has 1 atom stereocenters. The van der Waals surface area contributed by atoms with E-state index in [0.29, 0.717) is 6.04 Å². The molecule has 0 amide bonds. The van der Waals surface area contributed by atoms with E-state index in [1.165, 1.54) is 25.0 Å². The Kier molecular flexibility index (Phi) is 7.02. The van der Waals surface area contributed by atoms with Crippen molar-refractivity contribution < 1.29 is 0 Å². The zero-order chi connectivity index (χ0) is 13.4. The van der Waals surface area contributed by atoms with Gasteiger partial charge in [0.25, 0.3) is 0 Å². The van der Waals surface area contributed by atoms with Crippen molar-refractivity contribution in [2.24, 2.45) is 5.92 Å². The third kappa shape index (κ3) is 5.67. The van der Waals surface area contributed by atoms with Crippen LogP contribution in [0, 0.1) is 5.92 Å². The van der Waals surface area contributed by atoms with Crippen molar-refractivity contribution in [2.75, 3.05) is 0 Å². The molecular weight excluding hydrogens is 222 g/mol. The van der Waals surface area contributed by atoms with Crippen LogP contribution in [0.3, 0.4) is 0 Å². The standard InChI is InChI=1S/C15H29N3/c1-5-11-18-15(9-10-17-18)12-16-14(4)8-6-7-13(2)3/h9-10,13-14,16H,5-8,11-12H2,1-4H3. The van der Waals surface area contributed by atoms with Gasteiger partial charge in [-0.25, -0.2) is 0 Å². The molecule has 3 nitrogen and oxygen atoms in total. The Morgan fingerprint density at radius 1 is 1.28 bits per heavy atom. The van der Waals surface area contributed by atoms with E-state index in [9.17, 15) is 0 Å². The van der Waals surface area contributed by atoms with Gasteiger partial charge in [0, 0.05) is 25.3 Å². The SMILES string of the molecule is CCCn1nccc1CNC(C)CCCC(C)C. The summed E-state index contributed by atoms with van der Waals surface area (Å²) >= 11 is 0. The lowest BCUT2D eigenvalue weighted by molar-refractivity contribution is 0.446. The first-order valence-electron chi connectivity index (χ1n) is 7.37. The molecule has 1 aromatic heterocycles. The van der Waals surface area contributed by atoms with Gasteiger partial charge < -0.3 is 5.32 Å². The quantitative estimate of drug-likeness (QED) is 0.727. The highest BCUT2D eigenvalue weighted by Crippen LogP contribution is 2.09. The minimum absolute atomic E-state index is 0.591. The molecule has 1 rings (SSSR count). The minimum atomic E-state index is 0.591. The summed E-state index contributed by atoms with van der Waals surface area (Å²) < 4.78 is 2.10. The maximum atomic E-state index is 4.35. The number of hydrogen-bond donors (Lipinski definition) is 1. The average Bonchev–Trinajstić information content (AvgIpc) is 2.74. The largest absolute Gasteiger partial charge is 0.309 e. The molecule has 0 bridgehead atoms. The third-order valence-electron chi connectivity index (χ3n) is 3.29. The first-order chi connectivity index (χ1) is 8.63. The highest BCUT2D eigenvalue weighted by Gasteiger charge is 2.05. The minimum Gasteiger partial charge on any atom is -0.309 e. The van der Waals surface area contributed by atoms with E-state index in [-0.39, 0.29) is 0 Å². The van der Waals surface area contributed by atoms with Gasteiger partial charge in [-0.3, -0.25) is 4.68 Å². The van der Waals surface area contributed by atoms with E-state index in [0.717, 1.165) is 25.4 Å². The highest BCUT2D eigenvalue weighted by atomic mass is 15.3. The van der Waals surface area contributed by atoms with Crippen LogP contribution < -0.4 is 5.32 Å². The number of aromatic nitrogens is 2. The van der Waals surface area contributed by atoms with Crippen LogP contribution in [0.1, 0.15) is 59.1 Å². The Morgan fingerprint density at radius 3 is 2.72 bits per heavy atom. The van der Waals surface area contributed by atoms with Crippen molar-refractivity contribution in [1.29, 1.82) is 0 Å². The normalized spacial score (nSPS) is 13.2. The predicted octanol–water partition coefficient (Wildman–Crippen LogP) is 3.60. The summed E-state index contributed by atoms with van der Waals surface area (Å²) in [6.45, 7) is 11.0. The Morgan fingerprint density at radius 2 is 2.06 bits per heavy atom. The van der Waals surface area contributed by atoms with E-state index in [1.807, 2.05) is 6.20 Å². The van der Waals surface area contributed by atoms with Crippen molar-refractivity contribution in [3.8, 4) is 0 Å². The second kappa shape index (κ2) is 8.30. The topological polar surface area (TPSA) is 29.9 Å². The molecule has 0 saturated carbocycles. The molecule has 0 spiro atoms. The second-order valence-electron chi connectivity index (χ2n) is 5.65. The molecule has 104 valence electrons. The van der Waals surface area contributed by atoms with Crippen molar-refractivity contribution in [2.45, 2.75) is 72.5 Å². The fourth-order valence-electron chi connectivity index (χ4n) is 2.14. The number of aryl methyl sites for hydroxylation is 1. The molecule has 0 aliphatic heterocycles. The van der Waals surface area contributed by atoms with E-state index in [2.05, 4.69) is 48.9 Å². The van der Waals surface area contributed by atoms with Gasteiger partial charge in [-0.1, -0.05) is 33.6 Å². The predicted molar refractivity (Wildman–Crippen MR) is 77.5 cm³/mol. The molecule has 18 heavy (non-hydrogen) atoms. The van der Waals surface area contributed by atoms with E-state index in [4.69, 9.17) is 0 Å². The van der Waals surface area contributed by atoms with Crippen molar-refractivity contribution >= 4 is 0 Å². The lowest BCUT2D eigenvalue weighted by atomic mass is 10.0. The zero-order valence-electron chi connectivity index (χ0n) is 12.4. The number of nitrogens with zero attached hydrogens (tertiary/aromatic N) is 2. The zero-order valence-corrected chi connectivity index (χ0v) is 12.4. The summed E-state index contributed by atoms with van der Waals surface area (Å²) in [7, 11) is 0. The third-order valence-corrected chi connectivity index (χ3v) is 3.29.